The molecule has 0 spiro atoms. The van der Waals surface area contributed by atoms with Gasteiger partial charge >= 0.3 is 5.97 Å². The molecule has 0 unspecified atom stereocenters. The number of aromatic nitrogens is 2. The first-order valence-electron chi connectivity index (χ1n) is 5.90. The summed E-state index contributed by atoms with van der Waals surface area (Å²) < 4.78 is 26.1. The number of hydrogen-bond acceptors (Lipinski definition) is 5. The van der Waals surface area contributed by atoms with Gasteiger partial charge in [-0.1, -0.05) is 12.1 Å². The predicted molar refractivity (Wildman–Crippen MR) is 72.1 cm³/mol. The molecule has 0 saturated carbocycles. The number of benzene rings is 1. The monoisotopic (exact) mass is 311 g/mol. The van der Waals surface area contributed by atoms with Gasteiger partial charge in [0.05, 0.1) is 6.20 Å². The van der Waals surface area contributed by atoms with Gasteiger partial charge in [0.15, 0.2) is 0 Å². The lowest BCUT2D eigenvalue weighted by molar-refractivity contribution is -0.138. The van der Waals surface area contributed by atoms with Gasteiger partial charge in [-0.05, 0) is 24.1 Å². The van der Waals surface area contributed by atoms with E-state index in [-0.39, 0.29) is 17.1 Å². The summed E-state index contributed by atoms with van der Waals surface area (Å²) in [7, 11) is -3.96. The fourth-order valence-corrected chi connectivity index (χ4v) is 2.78. The minimum Gasteiger partial charge on any atom is -0.508 e. The van der Waals surface area contributed by atoms with Crippen molar-refractivity contribution in [2.45, 2.75) is 17.4 Å². The Morgan fingerprint density at radius 1 is 1.33 bits per heavy atom. The third-order valence-electron chi connectivity index (χ3n) is 2.76. The zero-order chi connectivity index (χ0) is 15.5. The average molecular weight is 311 g/mol. The zero-order valence-electron chi connectivity index (χ0n) is 10.7. The van der Waals surface area contributed by atoms with E-state index in [9.17, 15) is 18.3 Å². The molecule has 0 radical (unpaired) electrons. The molecule has 1 heterocycles. The van der Waals surface area contributed by atoms with Gasteiger partial charge in [0.1, 0.15) is 16.7 Å². The first-order valence-corrected chi connectivity index (χ1v) is 7.38. The Labute approximate surface area is 120 Å². The van der Waals surface area contributed by atoms with Crippen LogP contribution in [-0.4, -0.2) is 40.8 Å². The third kappa shape index (κ3) is 3.80. The highest BCUT2D eigenvalue weighted by molar-refractivity contribution is 7.89. The first-order chi connectivity index (χ1) is 9.88. The maximum atomic E-state index is 12.0. The number of hydrogen-bond donors (Lipinski definition) is 4. The topological polar surface area (TPSA) is 132 Å². The number of phenols is 1. The number of phenolic OH excluding ortho intramolecular Hbond substituents is 1. The molecule has 9 heteroatoms. The van der Waals surface area contributed by atoms with Gasteiger partial charge in [0.25, 0.3) is 0 Å². The van der Waals surface area contributed by atoms with Crippen molar-refractivity contribution in [3.63, 3.8) is 0 Å². The molecule has 0 aliphatic heterocycles. The number of sulfonamides is 1. The minimum atomic E-state index is -3.96. The number of carboxylic acids is 1. The summed E-state index contributed by atoms with van der Waals surface area (Å²) in [6, 6.07) is 4.53. The Morgan fingerprint density at radius 2 is 2.00 bits per heavy atom. The van der Waals surface area contributed by atoms with E-state index in [1.165, 1.54) is 24.3 Å². The lowest BCUT2D eigenvalue weighted by Crippen LogP contribution is -2.42. The number of aromatic amines is 1. The molecule has 112 valence electrons. The van der Waals surface area contributed by atoms with Crippen LogP contribution in [0, 0.1) is 0 Å². The van der Waals surface area contributed by atoms with Crippen LogP contribution >= 0.6 is 0 Å². The highest BCUT2D eigenvalue weighted by Gasteiger charge is 2.26. The zero-order valence-corrected chi connectivity index (χ0v) is 11.5. The lowest BCUT2D eigenvalue weighted by atomic mass is 10.1. The minimum absolute atomic E-state index is 0.0459. The molecule has 0 fully saturated rings. The molecule has 1 atom stereocenters. The van der Waals surface area contributed by atoms with Gasteiger partial charge in [0, 0.05) is 6.20 Å². The Morgan fingerprint density at radius 3 is 2.52 bits per heavy atom. The summed E-state index contributed by atoms with van der Waals surface area (Å²) in [6.45, 7) is 0. The summed E-state index contributed by atoms with van der Waals surface area (Å²) in [4.78, 5) is 11.1. The van der Waals surface area contributed by atoms with Crippen LogP contribution in [0.15, 0.2) is 41.6 Å². The number of aromatic hydroxyl groups is 1. The van der Waals surface area contributed by atoms with Crippen molar-refractivity contribution in [1.29, 1.82) is 0 Å². The van der Waals surface area contributed by atoms with E-state index in [1.807, 2.05) is 0 Å². The highest BCUT2D eigenvalue weighted by atomic mass is 32.2. The van der Waals surface area contributed by atoms with E-state index < -0.39 is 22.0 Å². The van der Waals surface area contributed by atoms with Crippen molar-refractivity contribution in [3.8, 4) is 5.75 Å². The summed E-state index contributed by atoms with van der Waals surface area (Å²) in [5.41, 5.74) is 0.579. The summed E-state index contributed by atoms with van der Waals surface area (Å²) in [6.07, 6.45) is 2.19. The van der Waals surface area contributed by atoms with Gasteiger partial charge in [-0.15, -0.1) is 0 Å². The van der Waals surface area contributed by atoms with Gasteiger partial charge in [-0.2, -0.15) is 9.82 Å². The van der Waals surface area contributed by atoms with E-state index in [0.717, 1.165) is 12.4 Å². The number of carboxylic acid groups (broad SMARTS) is 1. The molecule has 0 aliphatic carbocycles. The molecule has 1 aromatic carbocycles. The smallest absolute Gasteiger partial charge is 0.322 e. The second-order valence-electron chi connectivity index (χ2n) is 4.32. The molecule has 2 aromatic rings. The van der Waals surface area contributed by atoms with E-state index in [2.05, 4.69) is 14.9 Å². The standard InChI is InChI=1S/C12H13N3O5S/c16-9-3-1-8(2-4-9)5-11(12(17)18)15-21(19,20)10-6-13-14-7-10/h1-4,6-7,11,15-16H,5H2,(H,13,14)(H,17,18)/t11-/m0/s1. The van der Waals surface area contributed by atoms with E-state index in [1.54, 1.807) is 0 Å². The van der Waals surface area contributed by atoms with Crippen LogP contribution in [0.5, 0.6) is 5.75 Å². The molecule has 8 nitrogen and oxygen atoms in total. The highest BCUT2D eigenvalue weighted by Crippen LogP contribution is 2.13. The van der Waals surface area contributed by atoms with E-state index in [4.69, 9.17) is 5.11 Å². The molecule has 1 aromatic heterocycles. The fourth-order valence-electron chi connectivity index (χ4n) is 1.69. The Hall–Kier alpha value is -2.39. The third-order valence-corrected chi connectivity index (χ3v) is 4.19. The van der Waals surface area contributed by atoms with Crippen LogP contribution in [0.2, 0.25) is 0 Å². The van der Waals surface area contributed by atoms with Gasteiger partial charge in [0.2, 0.25) is 10.0 Å². The molecular formula is C12H13N3O5S. The Balaban J connectivity index is 2.17. The lowest BCUT2D eigenvalue weighted by Gasteiger charge is -2.14. The fraction of sp³-hybridized carbons (Fsp3) is 0.167. The van der Waals surface area contributed by atoms with Crippen LogP contribution in [0.4, 0.5) is 0 Å². The van der Waals surface area contributed by atoms with E-state index >= 15 is 0 Å². The van der Waals surface area contributed by atoms with E-state index in [0.29, 0.717) is 5.56 Å². The van der Waals surface area contributed by atoms with Crippen molar-refractivity contribution in [1.82, 2.24) is 14.9 Å². The summed E-state index contributed by atoms with van der Waals surface area (Å²) >= 11 is 0. The quantitative estimate of drug-likeness (QED) is 0.597. The molecule has 0 aliphatic rings. The maximum absolute atomic E-state index is 12.0. The average Bonchev–Trinajstić information content (AvgIpc) is 2.95. The summed E-state index contributed by atoms with van der Waals surface area (Å²) in [5, 5.41) is 24.2. The van der Waals surface area contributed by atoms with Crippen LogP contribution in [-0.2, 0) is 21.2 Å². The number of nitrogens with one attached hydrogen (secondary N) is 2. The number of aliphatic carboxylic acids is 1. The first kappa shape index (κ1) is 15.0. The van der Waals surface area contributed by atoms with Crippen LogP contribution < -0.4 is 4.72 Å². The SMILES string of the molecule is O=C(O)[C@H](Cc1ccc(O)cc1)NS(=O)(=O)c1cn[nH]c1. The number of rotatable bonds is 6. The molecule has 0 saturated heterocycles. The molecule has 21 heavy (non-hydrogen) atoms. The Bertz CT molecular complexity index is 710. The van der Waals surface area contributed by atoms with Crippen molar-refractivity contribution in [2.24, 2.45) is 0 Å². The van der Waals surface area contributed by atoms with Crippen molar-refractivity contribution in [2.75, 3.05) is 0 Å². The van der Waals surface area contributed by atoms with Crippen molar-refractivity contribution in [3.05, 3.63) is 42.2 Å². The number of nitrogens with zero attached hydrogens (tertiary/aromatic N) is 1. The summed E-state index contributed by atoms with van der Waals surface area (Å²) in [5.74, 6) is -1.25. The van der Waals surface area contributed by atoms with Crippen molar-refractivity contribution < 1.29 is 23.4 Å². The molecule has 4 N–H and O–H groups in total. The second-order valence-corrected chi connectivity index (χ2v) is 6.03. The number of H-pyrrole nitrogens is 1. The van der Waals surface area contributed by atoms with Crippen LogP contribution in [0.25, 0.3) is 0 Å². The van der Waals surface area contributed by atoms with Gasteiger partial charge < -0.3 is 10.2 Å². The molecular weight excluding hydrogens is 298 g/mol. The van der Waals surface area contributed by atoms with Crippen LogP contribution in [0.3, 0.4) is 0 Å². The Kier molecular flexibility index (Phi) is 4.24. The molecule has 0 amide bonds. The normalized spacial score (nSPS) is 13.0. The molecule has 2 rings (SSSR count). The maximum Gasteiger partial charge on any atom is 0.322 e. The van der Waals surface area contributed by atoms with Crippen LogP contribution in [0.1, 0.15) is 5.56 Å². The van der Waals surface area contributed by atoms with Crippen molar-refractivity contribution >= 4 is 16.0 Å². The van der Waals surface area contributed by atoms with Gasteiger partial charge in [-0.25, -0.2) is 8.42 Å². The number of carbonyl (C=O) groups is 1. The largest absolute Gasteiger partial charge is 0.508 e. The second kappa shape index (κ2) is 5.94. The van der Waals surface area contributed by atoms with Gasteiger partial charge in [-0.3, -0.25) is 9.89 Å². The predicted octanol–water partition coefficient (Wildman–Crippen LogP) is 0.0895. The molecule has 0 bridgehead atoms.